The first-order valence-electron chi connectivity index (χ1n) is 8.38. The first-order chi connectivity index (χ1) is 8.38. The van der Waals surface area contributed by atoms with Crippen molar-refractivity contribution >= 4 is 0 Å². The van der Waals surface area contributed by atoms with Gasteiger partial charge in [-0.3, -0.25) is 0 Å². The van der Waals surface area contributed by atoms with E-state index in [2.05, 4.69) is 6.92 Å². The summed E-state index contributed by atoms with van der Waals surface area (Å²) in [5.41, 5.74) is 0. The maximum Gasteiger partial charge on any atom is -0.0360 e. The van der Waals surface area contributed by atoms with Gasteiger partial charge in [-0.2, -0.15) is 0 Å². The molecule has 0 N–H and O–H groups in total. The van der Waals surface area contributed by atoms with E-state index in [1.54, 1.807) is 19.3 Å². The van der Waals surface area contributed by atoms with Gasteiger partial charge in [0.25, 0.3) is 0 Å². The van der Waals surface area contributed by atoms with Crippen LogP contribution in [0, 0.1) is 17.8 Å². The Morgan fingerprint density at radius 2 is 1.00 bits per heavy atom. The minimum absolute atomic E-state index is 1.01. The molecule has 100 valence electrons. The van der Waals surface area contributed by atoms with Crippen molar-refractivity contribution in [3.63, 3.8) is 0 Å². The molecule has 2 saturated carbocycles. The summed E-state index contributed by atoms with van der Waals surface area (Å²) < 4.78 is 0. The van der Waals surface area contributed by atoms with Crippen molar-refractivity contribution in [1.82, 2.24) is 0 Å². The zero-order valence-corrected chi connectivity index (χ0v) is 11.9. The van der Waals surface area contributed by atoms with Gasteiger partial charge in [-0.1, -0.05) is 84.0 Å². The summed E-state index contributed by atoms with van der Waals surface area (Å²) in [5, 5.41) is 0. The minimum atomic E-state index is 1.01. The molecule has 0 aromatic carbocycles. The molecule has 2 unspecified atom stereocenters. The van der Waals surface area contributed by atoms with E-state index in [9.17, 15) is 0 Å². The van der Waals surface area contributed by atoms with Crippen LogP contribution in [0.2, 0.25) is 0 Å². The molecule has 2 atom stereocenters. The lowest BCUT2D eigenvalue weighted by atomic mass is 9.71. The third-order valence-electron chi connectivity index (χ3n) is 5.43. The molecule has 0 saturated heterocycles. The zero-order chi connectivity index (χ0) is 11.9. The van der Waals surface area contributed by atoms with E-state index < -0.39 is 0 Å². The topological polar surface area (TPSA) is 0 Å². The van der Waals surface area contributed by atoms with Gasteiger partial charge in [0.15, 0.2) is 0 Å². The lowest BCUT2D eigenvalue weighted by Crippen LogP contribution is -2.24. The van der Waals surface area contributed by atoms with E-state index in [4.69, 9.17) is 0 Å². The van der Waals surface area contributed by atoms with Crippen molar-refractivity contribution in [2.24, 2.45) is 17.8 Å². The Morgan fingerprint density at radius 1 is 0.529 bits per heavy atom. The van der Waals surface area contributed by atoms with Gasteiger partial charge in [-0.25, -0.2) is 0 Å². The molecular formula is C17H32. The average Bonchev–Trinajstić information content (AvgIpc) is 2.26. The maximum absolute atomic E-state index is 2.55. The molecule has 2 aliphatic carbocycles. The second kappa shape index (κ2) is 7.44. The first-order valence-corrected chi connectivity index (χ1v) is 8.38. The highest BCUT2D eigenvalue weighted by Gasteiger charge is 2.27. The van der Waals surface area contributed by atoms with Crippen LogP contribution >= 0.6 is 0 Å². The lowest BCUT2D eigenvalue weighted by Gasteiger charge is -2.34. The van der Waals surface area contributed by atoms with E-state index in [1.807, 2.05) is 0 Å². The Labute approximate surface area is 109 Å². The number of hydrogen-bond acceptors (Lipinski definition) is 0. The predicted molar refractivity (Wildman–Crippen MR) is 76.2 cm³/mol. The summed E-state index contributed by atoms with van der Waals surface area (Å²) >= 11 is 0. The Hall–Kier alpha value is 0. The maximum atomic E-state index is 2.55. The summed E-state index contributed by atoms with van der Waals surface area (Å²) in [7, 11) is 0. The monoisotopic (exact) mass is 236 g/mol. The summed E-state index contributed by atoms with van der Waals surface area (Å²) in [6.07, 6.45) is 19.8. The molecule has 0 aromatic rings. The number of rotatable bonds is 1. The standard InChI is InChI=1S/C17H32/c1-15-11-7-5-6-10-14-17(15)16-12-8-3-2-4-9-13-16/h15-17H,2-14H2,1H3. The first kappa shape index (κ1) is 13.4. The second-order valence-corrected chi connectivity index (χ2v) is 6.74. The van der Waals surface area contributed by atoms with Crippen LogP contribution in [0.4, 0.5) is 0 Å². The van der Waals surface area contributed by atoms with E-state index >= 15 is 0 Å². The van der Waals surface area contributed by atoms with Gasteiger partial charge < -0.3 is 0 Å². The smallest absolute Gasteiger partial charge is 0.0360 e. The third kappa shape index (κ3) is 4.30. The minimum Gasteiger partial charge on any atom is -0.0622 e. The molecule has 2 fully saturated rings. The summed E-state index contributed by atoms with van der Waals surface area (Å²) in [6.45, 7) is 2.55. The predicted octanol–water partition coefficient (Wildman–Crippen LogP) is 5.95. The largest absolute Gasteiger partial charge is 0.0622 e. The molecule has 0 bridgehead atoms. The molecule has 0 aromatic heterocycles. The molecule has 0 aliphatic heterocycles. The van der Waals surface area contributed by atoms with Gasteiger partial charge in [-0.05, 0) is 24.2 Å². The molecule has 17 heavy (non-hydrogen) atoms. The van der Waals surface area contributed by atoms with Crippen LogP contribution in [-0.2, 0) is 0 Å². The molecule has 0 heteroatoms. The van der Waals surface area contributed by atoms with Crippen LogP contribution in [0.1, 0.15) is 90.4 Å². The highest BCUT2D eigenvalue weighted by Crippen LogP contribution is 2.38. The van der Waals surface area contributed by atoms with E-state index in [-0.39, 0.29) is 0 Å². The molecule has 2 rings (SSSR count). The van der Waals surface area contributed by atoms with Crippen molar-refractivity contribution in [3.05, 3.63) is 0 Å². The van der Waals surface area contributed by atoms with E-state index in [0.717, 1.165) is 17.8 Å². The molecule has 2 aliphatic rings. The normalized spacial score (nSPS) is 34.4. The Morgan fingerprint density at radius 3 is 1.65 bits per heavy atom. The highest BCUT2D eigenvalue weighted by atomic mass is 14.3. The van der Waals surface area contributed by atoms with E-state index in [1.165, 1.54) is 64.2 Å². The summed E-state index contributed by atoms with van der Waals surface area (Å²) in [6, 6.07) is 0. The van der Waals surface area contributed by atoms with Gasteiger partial charge in [0.1, 0.15) is 0 Å². The molecule has 0 nitrogen and oxygen atoms in total. The fraction of sp³-hybridized carbons (Fsp3) is 1.00. The highest BCUT2D eigenvalue weighted by molar-refractivity contribution is 4.78. The van der Waals surface area contributed by atoms with Gasteiger partial charge in [0.2, 0.25) is 0 Å². The van der Waals surface area contributed by atoms with Gasteiger partial charge in [0.05, 0.1) is 0 Å². The molecule has 0 heterocycles. The average molecular weight is 236 g/mol. The molecule has 0 spiro atoms. The Kier molecular flexibility index (Phi) is 5.88. The Bertz CT molecular complexity index is 188. The van der Waals surface area contributed by atoms with Crippen LogP contribution in [0.3, 0.4) is 0 Å². The Balaban J connectivity index is 1.90. The molecule has 0 radical (unpaired) electrons. The lowest BCUT2D eigenvalue weighted by molar-refractivity contribution is 0.164. The SMILES string of the molecule is CC1CCCCCCC1C1CCCCCCC1. The summed E-state index contributed by atoms with van der Waals surface area (Å²) in [5.74, 6) is 3.18. The summed E-state index contributed by atoms with van der Waals surface area (Å²) in [4.78, 5) is 0. The fourth-order valence-electron chi connectivity index (χ4n) is 4.31. The quantitative estimate of drug-likeness (QED) is 0.527. The van der Waals surface area contributed by atoms with Crippen LogP contribution in [0.5, 0.6) is 0 Å². The van der Waals surface area contributed by atoms with Crippen molar-refractivity contribution in [2.45, 2.75) is 90.4 Å². The van der Waals surface area contributed by atoms with Crippen molar-refractivity contribution in [3.8, 4) is 0 Å². The zero-order valence-electron chi connectivity index (χ0n) is 11.9. The van der Waals surface area contributed by atoms with E-state index in [0.29, 0.717) is 0 Å². The van der Waals surface area contributed by atoms with Crippen LogP contribution in [0.25, 0.3) is 0 Å². The van der Waals surface area contributed by atoms with Gasteiger partial charge in [0, 0.05) is 0 Å². The van der Waals surface area contributed by atoms with Crippen molar-refractivity contribution < 1.29 is 0 Å². The molecule has 0 amide bonds. The number of hydrogen-bond donors (Lipinski definition) is 0. The second-order valence-electron chi connectivity index (χ2n) is 6.74. The van der Waals surface area contributed by atoms with Crippen LogP contribution in [0.15, 0.2) is 0 Å². The molecular weight excluding hydrogens is 204 g/mol. The van der Waals surface area contributed by atoms with Crippen molar-refractivity contribution in [2.75, 3.05) is 0 Å². The van der Waals surface area contributed by atoms with Crippen LogP contribution in [-0.4, -0.2) is 0 Å². The van der Waals surface area contributed by atoms with Gasteiger partial charge in [-0.15, -0.1) is 0 Å². The fourth-order valence-corrected chi connectivity index (χ4v) is 4.31. The van der Waals surface area contributed by atoms with Gasteiger partial charge >= 0.3 is 0 Å². The van der Waals surface area contributed by atoms with Crippen LogP contribution < -0.4 is 0 Å². The van der Waals surface area contributed by atoms with Crippen molar-refractivity contribution in [1.29, 1.82) is 0 Å². The third-order valence-corrected chi connectivity index (χ3v) is 5.43.